The minimum absolute atomic E-state index is 0.0535. The minimum atomic E-state index is -0.466. The molecule has 1 fully saturated rings. The van der Waals surface area contributed by atoms with Crippen LogP contribution in [0.3, 0.4) is 0 Å². The molecule has 1 spiro atoms. The van der Waals surface area contributed by atoms with Gasteiger partial charge < -0.3 is 24.6 Å². The molecule has 4 rings (SSSR count). The third-order valence-corrected chi connectivity index (χ3v) is 6.66. The van der Waals surface area contributed by atoms with E-state index in [9.17, 15) is 9.59 Å². The molecule has 170 valence electrons. The highest BCUT2D eigenvalue weighted by molar-refractivity contribution is 5.97. The molecule has 0 unspecified atom stereocenters. The number of ether oxygens (including phenoxy) is 2. The predicted octanol–water partition coefficient (Wildman–Crippen LogP) is 2.45. The van der Waals surface area contributed by atoms with Crippen molar-refractivity contribution in [3.8, 4) is 11.5 Å². The SMILES string of the molecule is COc1ccc(C(=O)N2C[C@@H](CN(C)C)[C@@]3(CCc4ccccc4C(=O)N3)C2)cc1OC. The number of hydrogen-bond donors (Lipinski definition) is 1. The molecular formula is C25H31N3O4. The topological polar surface area (TPSA) is 71.1 Å². The van der Waals surface area contributed by atoms with Crippen LogP contribution in [-0.4, -0.2) is 75.1 Å². The van der Waals surface area contributed by atoms with Crippen molar-refractivity contribution in [2.45, 2.75) is 18.4 Å². The molecule has 7 heteroatoms. The normalized spacial score (nSPS) is 22.5. The van der Waals surface area contributed by atoms with Gasteiger partial charge in [-0.1, -0.05) is 18.2 Å². The molecule has 2 aliphatic heterocycles. The number of carbonyl (C=O) groups excluding carboxylic acids is 2. The second-order valence-electron chi connectivity index (χ2n) is 8.98. The zero-order valence-electron chi connectivity index (χ0n) is 19.2. The molecule has 2 aromatic rings. The fourth-order valence-electron chi connectivity index (χ4n) is 5.05. The molecule has 7 nitrogen and oxygen atoms in total. The summed E-state index contributed by atoms with van der Waals surface area (Å²) < 4.78 is 10.7. The predicted molar refractivity (Wildman–Crippen MR) is 122 cm³/mol. The Balaban J connectivity index is 1.63. The van der Waals surface area contributed by atoms with Gasteiger partial charge in [-0.05, 0) is 56.8 Å². The molecule has 0 saturated carbocycles. The second-order valence-corrected chi connectivity index (χ2v) is 8.98. The van der Waals surface area contributed by atoms with Gasteiger partial charge in [0.15, 0.2) is 11.5 Å². The number of likely N-dealkylation sites (tertiary alicyclic amines) is 1. The number of nitrogens with one attached hydrogen (secondary N) is 1. The first-order chi connectivity index (χ1) is 15.4. The van der Waals surface area contributed by atoms with Crippen molar-refractivity contribution in [1.82, 2.24) is 15.1 Å². The molecule has 2 aliphatic rings. The molecule has 32 heavy (non-hydrogen) atoms. The monoisotopic (exact) mass is 437 g/mol. The van der Waals surface area contributed by atoms with E-state index in [1.165, 1.54) is 0 Å². The van der Waals surface area contributed by atoms with Crippen LogP contribution in [0.2, 0.25) is 0 Å². The average molecular weight is 438 g/mol. The van der Waals surface area contributed by atoms with Crippen molar-refractivity contribution in [2.75, 3.05) is 47.9 Å². The van der Waals surface area contributed by atoms with E-state index >= 15 is 0 Å². The van der Waals surface area contributed by atoms with Crippen LogP contribution < -0.4 is 14.8 Å². The van der Waals surface area contributed by atoms with Gasteiger partial charge in [0.2, 0.25) is 0 Å². The zero-order chi connectivity index (χ0) is 22.9. The molecule has 0 aliphatic carbocycles. The highest BCUT2D eigenvalue weighted by Gasteiger charge is 2.50. The number of methoxy groups -OCH3 is 2. The lowest BCUT2D eigenvalue weighted by Crippen LogP contribution is -2.55. The number of carbonyl (C=O) groups is 2. The fraction of sp³-hybridized carbons (Fsp3) is 0.440. The summed E-state index contributed by atoms with van der Waals surface area (Å²) >= 11 is 0. The summed E-state index contributed by atoms with van der Waals surface area (Å²) in [6, 6.07) is 13.0. The number of benzene rings is 2. The summed E-state index contributed by atoms with van der Waals surface area (Å²) in [6.45, 7) is 1.85. The van der Waals surface area contributed by atoms with Crippen LogP contribution in [0.1, 0.15) is 32.7 Å². The van der Waals surface area contributed by atoms with Gasteiger partial charge in [0, 0.05) is 36.7 Å². The van der Waals surface area contributed by atoms with Gasteiger partial charge in [-0.3, -0.25) is 9.59 Å². The third kappa shape index (κ3) is 4.05. The van der Waals surface area contributed by atoms with Gasteiger partial charge in [0.05, 0.1) is 19.8 Å². The van der Waals surface area contributed by atoms with E-state index in [2.05, 4.69) is 10.2 Å². The van der Waals surface area contributed by atoms with Crippen LogP contribution in [0.25, 0.3) is 0 Å². The van der Waals surface area contributed by atoms with E-state index < -0.39 is 5.54 Å². The van der Waals surface area contributed by atoms with Gasteiger partial charge in [0.25, 0.3) is 11.8 Å². The molecule has 0 aromatic heterocycles. The summed E-state index contributed by atoms with van der Waals surface area (Å²) in [6.07, 6.45) is 1.60. The summed E-state index contributed by atoms with van der Waals surface area (Å²) in [7, 11) is 7.19. The Morgan fingerprint density at radius 2 is 1.91 bits per heavy atom. The number of fused-ring (bicyclic) bond motifs is 1. The second kappa shape index (κ2) is 8.82. The minimum Gasteiger partial charge on any atom is -0.493 e. The lowest BCUT2D eigenvalue weighted by molar-refractivity contribution is 0.0764. The molecule has 2 heterocycles. The zero-order valence-corrected chi connectivity index (χ0v) is 19.2. The van der Waals surface area contributed by atoms with Crippen molar-refractivity contribution in [2.24, 2.45) is 5.92 Å². The Hall–Kier alpha value is -3.06. The Kier molecular flexibility index (Phi) is 6.11. The molecule has 1 N–H and O–H groups in total. The Labute approximate surface area is 189 Å². The summed E-state index contributed by atoms with van der Waals surface area (Å²) in [4.78, 5) is 30.6. The van der Waals surface area contributed by atoms with Gasteiger partial charge in [-0.2, -0.15) is 0 Å². The number of nitrogens with zero attached hydrogens (tertiary/aromatic N) is 2. The number of aryl methyl sites for hydroxylation is 1. The van der Waals surface area contributed by atoms with E-state index in [1.54, 1.807) is 32.4 Å². The lowest BCUT2D eigenvalue weighted by atomic mass is 9.82. The first-order valence-electron chi connectivity index (χ1n) is 10.9. The van der Waals surface area contributed by atoms with E-state index in [-0.39, 0.29) is 17.7 Å². The molecule has 2 aromatic carbocycles. The van der Waals surface area contributed by atoms with Crippen LogP contribution in [0, 0.1) is 5.92 Å². The number of rotatable bonds is 5. The van der Waals surface area contributed by atoms with Crippen molar-refractivity contribution >= 4 is 11.8 Å². The largest absolute Gasteiger partial charge is 0.493 e. The van der Waals surface area contributed by atoms with Crippen molar-refractivity contribution in [3.05, 3.63) is 59.2 Å². The van der Waals surface area contributed by atoms with E-state index in [1.807, 2.05) is 43.3 Å². The number of amides is 2. The highest BCUT2D eigenvalue weighted by atomic mass is 16.5. The molecule has 0 bridgehead atoms. The standard InChI is InChI=1S/C25H31N3O4/c1-27(2)14-19-15-28(24(30)18-9-10-21(31-3)22(13-18)32-4)16-25(19)12-11-17-7-5-6-8-20(17)23(29)26-25/h5-10,13,19H,11-12,14-16H2,1-4H3,(H,26,29)/t19-,25-/m1/s1. The highest BCUT2D eigenvalue weighted by Crippen LogP contribution is 2.37. The quantitative estimate of drug-likeness (QED) is 0.778. The van der Waals surface area contributed by atoms with Crippen molar-refractivity contribution in [3.63, 3.8) is 0 Å². The van der Waals surface area contributed by atoms with Crippen LogP contribution >= 0.6 is 0 Å². The van der Waals surface area contributed by atoms with Crippen LogP contribution in [-0.2, 0) is 6.42 Å². The van der Waals surface area contributed by atoms with Gasteiger partial charge >= 0.3 is 0 Å². The number of hydrogen-bond acceptors (Lipinski definition) is 5. The van der Waals surface area contributed by atoms with Gasteiger partial charge in [0.1, 0.15) is 0 Å². The van der Waals surface area contributed by atoms with E-state index in [0.29, 0.717) is 30.2 Å². The van der Waals surface area contributed by atoms with Crippen LogP contribution in [0.4, 0.5) is 0 Å². The lowest BCUT2D eigenvalue weighted by Gasteiger charge is -2.35. The van der Waals surface area contributed by atoms with Crippen LogP contribution in [0.5, 0.6) is 11.5 Å². The molecule has 1 saturated heterocycles. The molecule has 2 amide bonds. The first kappa shape index (κ1) is 22.1. The average Bonchev–Trinajstić information content (AvgIpc) is 3.05. The summed E-state index contributed by atoms with van der Waals surface area (Å²) in [5.41, 5.74) is 1.88. The molecular weight excluding hydrogens is 406 g/mol. The molecule has 0 radical (unpaired) electrons. The molecule has 2 atom stereocenters. The van der Waals surface area contributed by atoms with E-state index in [4.69, 9.17) is 9.47 Å². The van der Waals surface area contributed by atoms with Crippen molar-refractivity contribution in [1.29, 1.82) is 0 Å². The Bertz CT molecular complexity index is 1020. The Morgan fingerprint density at radius 1 is 1.16 bits per heavy atom. The van der Waals surface area contributed by atoms with E-state index in [0.717, 1.165) is 30.5 Å². The third-order valence-electron chi connectivity index (χ3n) is 6.66. The maximum absolute atomic E-state index is 13.5. The van der Waals surface area contributed by atoms with Crippen molar-refractivity contribution < 1.29 is 19.1 Å². The first-order valence-corrected chi connectivity index (χ1v) is 10.9. The maximum atomic E-state index is 13.5. The maximum Gasteiger partial charge on any atom is 0.254 e. The van der Waals surface area contributed by atoms with Gasteiger partial charge in [-0.25, -0.2) is 0 Å². The Morgan fingerprint density at radius 3 is 2.62 bits per heavy atom. The fourth-order valence-corrected chi connectivity index (χ4v) is 5.05. The smallest absolute Gasteiger partial charge is 0.254 e. The summed E-state index contributed by atoms with van der Waals surface area (Å²) in [5, 5.41) is 3.34. The summed E-state index contributed by atoms with van der Waals surface area (Å²) in [5.74, 6) is 1.11. The van der Waals surface area contributed by atoms with Gasteiger partial charge in [-0.15, -0.1) is 0 Å². The van der Waals surface area contributed by atoms with Crippen LogP contribution in [0.15, 0.2) is 42.5 Å².